The molecule has 0 spiro atoms. The van der Waals surface area contributed by atoms with Gasteiger partial charge in [-0.25, -0.2) is 14.4 Å². The van der Waals surface area contributed by atoms with E-state index in [4.69, 9.17) is 4.74 Å². The second-order valence-electron chi connectivity index (χ2n) is 6.69. The molecule has 1 heterocycles. The van der Waals surface area contributed by atoms with Crippen LogP contribution in [0.15, 0.2) is 60.8 Å². The standard InChI is InChI=1S/C24H20N2O7/c1-31-23(29)17-11-18(24(30)32-2)13-19(12-17)26-20(27)14-33-21(28)9-8-16-6-3-5-15-7-4-10-25-22(15)16/h3-13H,14H2,1-2H3,(H,26,27)/b9-8+. The van der Waals surface area contributed by atoms with Crippen LogP contribution >= 0.6 is 0 Å². The van der Waals surface area contributed by atoms with Gasteiger partial charge in [0.1, 0.15) is 0 Å². The number of anilines is 1. The Morgan fingerprint density at radius 2 is 1.61 bits per heavy atom. The zero-order chi connectivity index (χ0) is 23.8. The highest BCUT2D eigenvalue weighted by Crippen LogP contribution is 2.18. The highest BCUT2D eigenvalue weighted by molar-refractivity contribution is 6.00. The van der Waals surface area contributed by atoms with E-state index in [9.17, 15) is 19.2 Å². The van der Waals surface area contributed by atoms with Crippen LogP contribution in [0.3, 0.4) is 0 Å². The Morgan fingerprint density at radius 3 is 2.27 bits per heavy atom. The van der Waals surface area contributed by atoms with Gasteiger partial charge in [0.25, 0.3) is 5.91 Å². The first kappa shape index (κ1) is 23.1. The van der Waals surface area contributed by atoms with Gasteiger partial charge in [0.05, 0.1) is 30.9 Å². The number of carbonyl (C=O) groups excluding carboxylic acids is 4. The maximum absolute atomic E-state index is 12.2. The molecular formula is C24H20N2O7. The number of hydrogen-bond acceptors (Lipinski definition) is 8. The summed E-state index contributed by atoms with van der Waals surface area (Å²) in [4.78, 5) is 52.2. The van der Waals surface area contributed by atoms with Crippen molar-refractivity contribution in [3.8, 4) is 0 Å². The molecule has 0 unspecified atom stereocenters. The van der Waals surface area contributed by atoms with Gasteiger partial charge in [-0.05, 0) is 30.3 Å². The Hall–Kier alpha value is -4.53. The molecule has 168 valence electrons. The summed E-state index contributed by atoms with van der Waals surface area (Å²) in [6.07, 6.45) is 4.41. The van der Waals surface area contributed by atoms with Crippen molar-refractivity contribution in [1.29, 1.82) is 0 Å². The summed E-state index contributed by atoms with van der Waals surface area (Å²) < 4.78 is 14.3. The normalized spacial score (nSPS) is 10.6. The summed E-state index contributed by atoms with van der Waals surface area (Å²) in [5, 5.41) is 3.39. The van der Waals surface area contributed by atoms with Crippen molar-refractivity contribution in [3.63, 3.8) is 0 Å². The van der Waals surface area contributed by atoms with Crippen molar-refractivity contribution in [1.82, 2.24) is 4.98 Å². The van der Waals surface area contributed by atoms with Gasteiger partial charge < -0.3 is 19.5 Å². The molecule has 1 amide bonds. The summed E-state index contributed by atoms with van der Waals surface area (Å²) >= 11 is 0. The first-order valence-corrected chi connectivity index (χ1v) is 9.71. The maximum atomic E-state index is 12.2. The fourth-order valence-electron chi connectivity index (χ4n) is 2.97. The summed E-state index contributed by atoms with van der Waals surface area (Å²) in [6.45, 7) is -0.576. The van der Waals surface area contributed by atoms with Gasteiger partial charge in [0.2, 0.25) is 0 Å². The number of rotatable bonds is 7. The maximum Gasteiger partial charge on any atom is 0.337 e. The van der Waals surface area contributed by atoms with E-state index in [0.717, 1.165) is 16.5 Å². The molecule has 0 radical (unpaired) electrons. The van der Waals surface area contributed by atoms with Crippen LogP contribution in [0.5, 0.6) is 0 Å². The van der Waals surface area contributed by atoms with Gasteiger partial charge in [-0.2, -0.15) is 0 Å². The molecule has 0 bridgehead atoms. The number of pyridine rings is 1. The third-order valence-electron chi connectivity index (χ3n) is 4.47. The van der Waals surface area contributed by atoms with E-state index in [1.807, 2.05) is 24.3 Å². The Kier molecular flexibility index (Phi) is 7.48. The van der Waals surface area contributed by atoms with E-state index < -0.39 is 30.4 Å². The molecule has 0 aliphatic heterocycles. The highest BCUT2D eigenvalue weighted by Gasteiger charge is 2.15. The lowest BCUT2D eigenvalue weighted by molar-refractivity contribution is -0.142. The number of para-hydroxylation sites is 1. The minimum absolute atomic E-state index is 0.0410. The number of benzene rings is 2. The van der Waals surface area contributed by atoms with Crippen LogP contribution < -0.4 is 5.32 Å². The molecule has 2 aromatic carbocycles. The van der Waals surface area contributed by atoms with Crippen LogP contribution in [-0.2, 0) is 23.8 Å². The Bertz CT molecular complexity index is 1210. The molecule has 9 nitrogen and oxygen atoms in total. The number of amides is 1. The quantitative estimate of drug-likeness (QED) is 0.333. The molecular weight excluding hydrogens is 428 g/mol. The molecule has 0 aliphatic carbocycles. The molecule has 3 rings (SSSR count). The molecule has 0 fully saturated rings. The zero-order valence-electron chi connectivity index (χ0n) is 17.9. The molecule has 1 N–H and O–H groups in total. The van der Waals surface area contributed by atoms with Crippen LogP contribution in [0.4, 0.5) is 5.69 Å². The summed E-state index contributed by atoms with van der Waals surface area (Å²) in [5.41, 5.74) is 1.67. The lowest BCUT2D eigenvalue weighted by Crippen LogP contribution is -2.20. The number of hydrogen-bond donors (Lipinski definition) is 1. The molecule has 9 heteroatoms. The van der Waals surface area contributed by atoms with Crippen LogP contribution in [0.25, 0.3) is 17.0 Å². The van der Waals surface area contributed by atoms with E-state index in [2.05, 4.69) is 19.8 Å². The molecule has 0 atom stereocenters. The summed E-state index contributed by atoms with van der Waals surface area (Å²) in [5.74, 6) is -2.79. The lowest BCUT2D eigenvalue weighted by Gasteiger charge is -2.09. The number of nitrogens with one attached hydrogen (secondary N) is 1. The topological polar surface area (TPSA) is 121 Å². The number of carbonyl (C=O) groups is 4. The molecule has 0 aliphatic rings. The fourth-order valence-corrected chi connectivity index (χ4v) is 2.97. The smallest absolute Gasteiger partial charge is 0.337 e. The molecule has 1 aromatic heterocycles. The zero-order valence-corrected chi connectivity index (χ0v) is 17.9. The highest BCUT2D eigenvalue weighted by atomic mass is 16.5. The number of ether oxygens (including phenoxy) is 3. The van der Waals surface area contributed by atoms with Crippen molar-refractivity contribution in [2.45, 2.75) is 0 Å². The Balaban J connectivity index is 1.64. The molecule has 3 aromatic rings. The van der Waals surface area contributed by atoms with Gasteiger partial charge in [-0.3, -0.25) is 9.78 Å². The predicted octanol–water partition coefficient (Wildman–Crippen LogP) is 3.00. The van der Waals surface area contributed by atoms with Gasteiger partial charge in [0, 0.05) is 28.9 Å². The number of methoxy groups -OCH3 is 2. The first-order chi connectivity index (χ1) is 15.9. The molecule has 0 saturated carbocycles. The average Bonchev–Trinajstić information content (AvgIpc) is 2.84. The van der Waals surface area contributed by atoms with Crippen LogP contribution in [-0.4, -0.2) is 49.6 Å². The third-order valence-corrected chi connectivity index (χ3v) is 4.47. The van der Waals surface area contributed by atoms with Crippen molar-refractivity contribution in [2.75, 3.05) is 26.1 Å². The minimum Gasteiger partial charge on any atom is -0.465 e. The average molecular weight is 448 g/mol. The van der Waals surface area contributed by atoms with E-state index >= 15 is 0 Å². The number of aromatic nitrogens is 1. The van der Waals surface area contributed by atoms with E-state index in [-0.39, 0.29) is 16.8 Å². The van der Waals surface area contributed by atoms with Crippen LogP contribution in [0.2, 0.25) is 0 Å². The minimum atomic E-state index is -0.725. The lowest BCUT2D eigenvalue weighted by atomic mass is 10.1. The monoisotopic (exact) mass is 448 g/mol. The van der Waals surface area contributed by atoms with Crippen molar-refractivity contribution in [2.24, 2.45) is 0 Å². The second kappa shape index (κ2) is 10.7. The fraction of sp³-hybridized carbons (Fsp3) is 0.125. The predicted molar refractivity (Wildman–Crippen MR) is 119 cm³/mol. The van der Waals surface area contributed by atoms with Crippen LogP contribution in [0.1, 0.15) is 26.3 Å². The van der Waals surface area contributed by atoms with Gasteiger partial charge in [-0.15, -0.1) is 0 Å². The van der Waals surface area contributed by atoms with E-state index in [1.165, 1.54) is 38.5 Å². The first-order valence-electron chi connectivity index (χ1n) is 9.71. The van der Waals surface area contributed by atoms with Gasteiger partial charge >= 0.3 is 17.9 Å². The molecule has 0 saturated heterocycles. The number of nitrogens with zero attached hydrogens (tertiary/aromatic N) is 1. The number of fused-ring (bicyclic) bond motifs is 1. The number of esters is 3. The summed E-state index contributed by atoms with van der Waals surface area (Å²) in [7, 11) is 2.37. The Labute approximate surface area is 189 Å². The van der Waals surface area contributed by atoms with Gasteiger partial charge in [0.15, 0.2) is 6.61 Å². The third kappa shape index (κ3) is 6.01. The van der Waals surface area contributed by atoms with Crippen LogP contribution in [0, 0.1) is 0 Å². The van der Waals surface area contributed by atoms with Crippen molar-refractivity contribution in [3.05, 3.63) is 77.5 Å². The molecule has 33 heavy (non-hydrogen) atoms. The van der Waals surface area contributed by atoms with E-state index in [1.54, 1.807) is 18.3 Å². The van der Waals surface area contributed by atoms with Crippen molar-refractivity contribution < 1.29 is 33.4 Å². The Morgan fingerprint density at radius 1 is 0.939 bits per heavy atom. The van der Waals surface area contributed by atoms with Gasteiger partial charge in [-0.1, -0.05) is 24.3 Å². The summed E-state index contributed by atoms with van der Waals surface area (Å²) in [6, 6.07) is 13.2. The second-order valence-corrected chi connectivity index (χ2v) is 6.69. The van der Waals surface area contributed by atoms with Crippen molar-refractivity contribution >= 4 is 46.5 Å². The largest absolute Gasteiger partial charge is 0.465 e. The van der Waals surface area contributed by atoms with E-state index in [0.29, 0.717) is 0 Å². The SMILES string of the molecule is COC(=O)c1cc(NC(=O)COC(=O)/C=C/c2cccc3cccnc23)cc(C(=O)OC)c1.